The molecule has 2 rings (SSSR count). The molecule has 0 aliphatic carbocycles. The highest BCUT2D eigenvalue weighted by Crippen LogP contribution is 2.31. The van der Waals surface area contributed by atoms with E-state index in [0.29, 0.717) is 0 Å². The lowest BCUT2D eigenvalue weighted by molar-refractivity contribution is 0.108. The Labute approximate surface area is 75.4 Å². The Morgan fingerprint density at radius 2 is 2.17 bits per heavy atom. The van der Waals surface area contributed by atoms with Gasteiger partial charge in [-0.05, 0) is 38.6 Å². The molecular formula is C11H19N. The van der Waals surface area contributed by atoms with Crippen LogP contribution < -0.4 is 0 Å². The van der Waals surface area contributed by atoms with Crippen molar-refractivity contribution in [1.29, 1.82) is 0 Å². The fraction of sp³-hybridized carbons (Fsp3) is 0.818. The first-order valence-corrected chi connectivity index (χ1v) is 5.16. The Kier molecular flexibility index (Phi) is 2.22. The second-order valence-corrected chi connectivity index (χ2v) is 4.47. The number of nitrogens with zero attached hydrogens (tertiary/aromatic N) is 1. The Morgan fingerprint density at radius 3 is 3.00 bits per heavy atom. The maximum absolute atomic E-state index is 2.57. The smallest absolute Gasteiger partial charge is 0.0280 e. The van der Waals surface area contributed by atoms with E-state index < -0.39 is 0 Å². The van der Waals surface area contributed by atoms with Crippen LogP contribution in [0.5, 0.6) is 0 Å². The average molecular weight is 165 g/mol. The summed E-state index contributed by atoms with van der Waals surface area (Å²) in [7, 11) is 2.29. The van der Waals surface area contributed by atoms with Crippen molar-refractivity contribution in [2.45, 2.75) is 44.7 Å². The predicted molar refractivity (Wildman–Crippen MR) is 52.1 cm³/mol. The van der Waals surface area contributed by atoms with Gasteiger partial charge in [-0.15, -0.1) is 0 Å². The second-order valence-electron chi connectivity index (χ2n) is 4.47. The Balaban J connectivity index is 2.15. The van der Waals surface area contributed by atoms with Crippen molar-refractivity contribution in [2.24, 2.45) is 5.92 Å². The van der Waals surface area contributed by atoms with E-state index in [2.05, 4.69) is 31.0 Å². The van der Waals surface area contributed by atoms with Crippen LogP contribution in [0.25, 0.3) is 0 Å². The monoisotopic (exact) mass is 165 g/mol. The van der Waals surface area contributed by atoms with E-state index in [-0.39, 0.29) is 0 Å². The summed E-state index contributed by atoms with van der Waals surface area (Å²) in [5.74, 6) is 0.930. The number of hydrogen-bond donors (Lipinski definition) is 0. The van der Waals surface area contributed by atoms with Gasteiger partial charge < -0.3 is 0 Å². The Hall–Kier alpha value is -0.300. The molecule has 0 aromatic carbocycles. The van der Waals surface area contributed by atoms with Gasteiger partial charge in [0.15, 0.2) is 0 Å². The SMILES string of the molecule is CC1CC2C=CCCC(C1)N2C. The molecular weight excluding hydrogens is 146 g/mol. The minimum atomic E-state index is 0.737. The van der Waals surface area contributed by atoms with Crippen LogP contribution in [-0.2, 0) is 0 Å². The van der Waals surface area contributed by atoms with E-state index in [0.717, 1.165) is 18.0 Å². The molecule has 68 valence electrons. The van der Waals surface area contributed by atoms with E-state index in [9.17, 15) is 0 Å². The number of fused-ring (bicyclic) bond motifs is 2. The van der Waals surface area contributed by atoms with Gasteiger partial charge in [-0.1, -0.05) is 19.1 Å². The molecule has 0 N–H and O–H groups in total. The van der Waals surface area contributed by atoms with Crippen LogP contribution in [0.15, 0.2) is 12.2 Å². The van der Waals surface area contributed by atoms with Crippen molar-refractivity contribution in [1.82, 2.24) is 4.90 Å². The predicted octanol–water partition coefficient (Wildman–Crippen LogP) is 2.44. The number of piperidine rings is 1. The molecule has 1 fully saturated rings. The zero-order valence-corrected chi connectivity index (χ0v) is 8.16. The fourth-order valence-electron chi connectivity index (χ4n) is 2.65. The summed E-state index contributed by atoms with van der Waals surface area (Å²) >= 11 is 0. The summed E-state index contributed by atoms with van der Waals surface area (Å²) in [6.45, 7) is 2.40. The van der Waals surface area contributed by atoms with E-state index in [1.54, 1.807) is 0 Å². The van der Waals surface area contributed by atoms with Crippen molar-refractivity contribution >= 4 is 0 Å². The molecule has 0 radical (unpaired) electrons. The minimum Gasteiger partial charge on any atom is -0.297 e. The molecule has 0 spiro atoms. The van der Waals surface area contributed by atoms with Crippen LogP contribution in [0.4, 0.5) is 0 Å². The van der Waals surface area contributed by atoms with E-state index in [1.807, 2.05) is 0 Å². The maximum Gasteiger partial charge on any atom is 0.0280 e. The van der Waals surface area contributed by atoms with Gasteiger partial charge in [0, 0.05) is 12.1 Å². The van der Waals surface area contributed by atoms with Crippen LogP contribution >= 0.6 is 0 Å². The molecule has 2 bridgehead atoms. The lowest BCUT2D eigenvalue weighted by atomic mass is 9.87. The van der Waals surface area contributed by atoms with Crippen molar-refractivity contribution in [3.8, 4) is 0 Å². The van der Waals surface area contributed by atoms with Crippen molar-refractivity contribution in [3.63, 3.8) is 0 Å². The number of likely N-dealkylation sites (N-methyl/N-ethyl adjacent to an activating group) is 1. The largest absolute Gasteiger partial charge is 0.297 e. The van der Waals surface area contributed by atoms with Crippen molar-refractivity contribution in [3.05, 3.63) is 12.2 Å². The molecule has 3 atom stereocenters. The van der Waals surface area contributed by atoms with Gasteiger partial charge in [0.2, 0.25) is 0 Å². The second kappa shape index (κ2) is 3.21. The maximum atomic E-state index is 2.57. The van der Waals surface area contributed by atoms with Crippen LogP contribution in [-0.4, -0.2) is 24.0 Å². The molecule has 1 heteroatoms. The highest BCUT2D eigenvalue weighted by molar-refractivity contribution is 5.02. The van der Waals surface area contributed by atoms with Gasteiger partial charge in [-0.3, -0.25) is 4.90 Å². The normalized spacial score (nSPS) is 42.7. The van der Waals surface area contributed by atoms with Crippen molar-refractivity contribution < 1.29 is 0 Å². The standard InChI is InChI=1S/C11H19N/c1-9-7-10-5-3-4-6-11(8-9)12(10)2/h3,5,9-11H,4,6-8H2,1-2H3. The molecule has 3 unspecified atom stereocenters. The average Bonchev–Trinajstić information content (AvgIpc) is 2.19. The van der Waals surface area contributed by atoms with Gasteiger partial charge in [0.05, 0.1) is 0 Å². The van der Waals surface area contributed by atoms with E-state index >= 15 is 0 Å². The van der Waals surface area contributed by atoms with Gasteiger partial charge in [0.1, 0.15) is 0 Å². The van der Waals surface area contributed by atoms with Crippen LogP contribution in [0.2, 0.25) is 0 Å². The molecule has 0 amide bonds. The molecule has 1 saturated heterocycles. The molecule has 0 saturated carbocycles. The van der Waals surface area contributed by atoms with Crippen LogP contribution in [0.1, 0.15) is 32.6 Å². The molecule has 1 nitrogen and oxygen atoms in total. The van der Waals surface area contributed by atoms with E-state index in [1.165, 1.54) is 25.7 Å². The van der Waals surface area contributed by atoms with Crippen molar-refractivity contribution in [2.75, 3.05) is 7.05 Å². The zero-order valence-electron chi connectivity index (χ0n) is 8.16. The molecule has 0 aromatic heterocycles. The fourth-order valence-corrected chi connectivity index (χ4v) is 2.65. The lowest BCUT2D eigenvalue weighted by Gasteiger charge is -2.40. The minimum absolute atomic E-state index is 0.737. The van der Waals surface area contributed by atoms with Gasteiger partial charge in [0.25, 0.3) is 0 Å². The first kappa shape index (κ1) is 8.31. The third-order valence-electron chi connectivity index (χ3n) is 3.44. The molecule has 12 heavy (non-hydrogen) atoms. The topological polar surface area (TPSA) is 3.24 Å². The highest BCUT2D eigenvalue weighted by atomic mass is 15.2. The first-order valence-electron chi connectivity index (χ1n) is 5.16. The molecule has 0 aromatic rings. The number of rotatable bonds is 0. The summed E-state index contributed by atoms with van der Waals surface area (Å²) in [5.41, 5.74) is 0. The third-order valence-corrected chi connectivity index (χ3v) is 3.44. The quantitative estimate of drug-likeness (QED) is 0.498. The number of hydrogen-bond acceptors (Lipinski definition) is 1. The Bertz CT molecular complexity index is 185. The first-order chi connectivity index (χ1) is 5.77. The summed E-state index contributed by atoms with van der Waals surface area (Å²) < 4.78 is 0. The zero-order chi connectivity index (χ0) is 8.55. The summed E-state index contributed by atoms with van der Waals surface area (Å²) in [4.78, 5) is 2.57. The summed E-state index contributed by atoms with van der Waals surface area (Å²) in [6.07, 6.45) is 10.2. The number of allylic oxidation sites excluding steroid dienone is 1. The van der Waals surface area contributed by atoms with Gasteiger partial charge in [-0.2, -0.15) is 0 Å². The van der Waals surface area contributed by atoms with Crippen LogP contribution in [0.3, 0.4) is 0 Å². The van der Waals surface area contributed by atoms with Gasteiger partial charge >= 0.3 is 0 Å². The molecule has 2 aliphatic rings. The van der Waals surface area contributed by atoms with Crippen LogP contribution in [0, 0.1) is 5.92 Å². The van der Waals surface area contributed by atoms with Gasteiger partial charge in [-0.25, -0.2) is 0 Å². The summed E-state index contributed by atoms with van der Waals surface area (Å²) in [5, 5.41) is 0. The third kappa shape index (κ3) is 1.42. The molecule has 2 aliphatic heterocycles. The molecule has 2 heterocycles. The lowest BCUT2D eigenvalue weighted by Crippen LogP contribution is -2.44. The Morgan fingerprint density at radius 1 is 1.33 bits per heavy atom. The summed E-state index contributed by atoms with van der Waals surface area (Å²) in [6, 6.07) is 1.59. The highest BCUT2D eigenvalue weighted by Gasteiger charge is 2.30. The van der Waals surface area contributed by atoms with E-state index in [4.69, 9.17) is 0 Å².